The minimum absolute atomic E-state index is 0.105. The van der Waals surface area contributed by atoms with Gasteiger partial charge in [-0.15, -0.1) is 0 Å². The molecule has 0 unspecified atom stereocenters. The Bertz CT molecular complexity index is 244. The molecule has 0 bridgehead atoms. The molecule has 0 saturated carbocycles. The van der Waals surface area contributed by atoms with Crippen LogP contribution in [0.15, 0.2) is 23.0 Å². The quantitative estimate of drug-likeness (QED) is 0.649. The Labute approximate surface area is 65.2 Å². The van der Waals surface area contributed by atoms with E-state index in [1.54, 1.807) is 19.9 Å². The lowest BCUT2D eigenvalue weighted by molar-refractivity contribution is 0.0913. The molecule has 1 rings (SSSR count). The van der Waals surface area contributed by atoms with Crippen molar-refractivity contribution in [2.75, 3.05) is 0 Å². The molecule has 0 aliphatic carbocycles. The second-order valence-electron chi connectivity index (χ2n) is 3.06. The maximum absolute atomic E-state index is 11.3. The molecule has 3 nitrogen and oxygen atoms in total. The van der Waals surface area contributed by atoms with Crippen molar-refractivity contribution >= 4 is 5.78 Å². The third-order valence-corrected chi connectivity index (χ3v) is 1.37. The van der Waals surface area contributed by atoms with E-state index in [2.05, 4.69) is 0 Å². The van der Waals surface area contributed by atoms with Crippen molar-refractivity contribution in [1.82, 2.24) is 0 Å². The Hall–Kier alpha value is -1.09. The van der Waals surface area contributed by atoms with Crippen LogP contribution in [-0.4, -0.2) is 11.3 Å². The SMILES string of the molecule is CC(C)(N)C(=O)c1ccoc1. The van der Waals surface area contributed by atoms with Gasteiger partial charge in [0.15, 0.2) is 5.78 Å². The minimum Gasteiger partial charge on any atom is -0.472 e. The summed E-state index contributed by atoms with van der Waals surface area (Å²) >= 11 is 0. The van der Waals surface area contributed by atoms with Crippen molar-refractivity contribution in [2.45, 2.75) is 19.4 Å². The fourth-order valence-electron chi connectivity index (χ4n) is 0.766. The van der Waals surface area contributed by atoms with E-state index >= 15 is 0 Å². The zero-order valence-corrected chi connectivity index (χ0v) is 6.63. The average Bonchev–Trinajstić information content (AvgIpc) is 2.34. The summed E-state index contributed by atoms with van der Waals surface area (Å²) in [5.74, 6) is -0.105. The van der Waals surface area contributed by atoms with E-state index in [1.807, 2.05) is 0 Å². The Kier molecular flexibility index (Phi) is 1.83. The molecule has 0 amide bonds. The van der Waals surface area contributed by atoms with E-state index in [9.17, 15) is 4.79 Å². The van der Waals surface area contributed by atoms with Crippen LogP contribution in [-0.2, 0) is 0 Å². The van der Waals surface area contributed by atoms with Gasteiger partial charge < -0.3 is 10.2 Å². The van der Waals surface area contributed by atoms with Gasteiger partial charge in [-0.2, -0.15) is 0 Å². The molecule has 0 saturated heterocycles. The molecule has 0 aliphatic heterocycles. The van der Waals surface area contributed by atoms with E-state index in [1.165, 1.54) is 12.5 Å². The fourth-order valence-corrected chi connectivity index (χ4v) is 0.766. The highest BCUT2D eigenvalue weighted by atomic mass is 16.3. The van der Waals surface area contributed by atoms with Crippen LogP contribution in [0.3, 0.4) is 0 Å². The van der Waals surface area contributed by atoms with Crippen molar-refractivity contribution in [1.29, 1.82) is 0 Å². The minimum atomic E-state index is -0.816. The third kappa shape index (κ3) is 1.68. The fraction of sp³-hybridized carbons (Fsp3) is 0.375. The van der Waals surface area contributed by atoms with Crippen LogP contribution in [0.4, 0.5) is 0 Å². The van der Waals surface area contributed by atoms with Crippen LogP contribution in [0.25, 0.3) is 0 Å². The summed E-state index contributed by atoms with van der Waals surface area (Å²) < 4.78 is 4.75. The maximum Gasteiger partial charge on any atom is 0.185 e. The highest BCUT2D eigenvalue weighted by Crippen LogP contribution is 2.09. The van der Waals surface area contributed by atoms with Crippen molar-refractivity contribution in [3.63, 3.8) is 0 Å². The zero-order chi connectivity index (χ0) is 8.48. The largest absolute Gasteiger partial charge is 0.472 e. The Morgan fingerprint density at radius 2 is 2.27 bits per heavy atom. The molecule has 0 atom stereocenters. The lowest BCUT2D eigenvalue weighted by Gasteiger charge is -2.14. The molecule has 0 fully saturated rings. The van der Waals surface area contributed by atoms with E-state index in [4.69, 9.17) is 10.2 Å². The molecule has 1 aromatic heterocycles. The molecular weight excluding hydrogens is 142 g/mol. The number of Topliss-reactive ketones (excluding diaryl/α,β-unsaturated/α-hetero) is 1. The summed E-state index contributed by atoms with van der Waals surface area (Å²) in [6, 6.07) is 1.61. The number of furan rings is 1. The predicted octanol–water partition coefficient (Wildman–Crippen LogP) is 1.20. The second kappa shape index (κ2) is 2.51. The number of ketones is 1. The molecule has 2 N–H and O–H groups in total. The molecule has 1 heterocycles. The van der Waals surface area contributed by atoms with Crippen molar-refractivity contribution in [3.8, 4) is 0 Å². The normalized spacial score (nSPS) is 11.5. The van der Waals surface area contributed by atoms with Crippen LogP contribution < -0.4 is 5.73 Å². The first-order chi connectivity index (χ1) is 5.02. The molecule has 0 aromatic carbocycles. The monoisotopic (exact) mass is 153 g/mol. The van der Waals surface area contributed by atoms with Crippen molar-refractivity contribution in [3.05, 3.63) is 24.2 Å². The van der Waals surface area contributed by atoms with Gasteiger partial charge in [0.05, 0.1) is 17.4 Å². The Morgan fingerprint density at radius 3 is 2.64 bits per heavy atom. The van der Waals surface area contributed by atoms with Gasteiger partial charge in [0.1, 0.15) is 6.26 Å². The lowest BCUT2D eigenvalue weighted by Crippen LogP contribution is -2.41. The maximum atomic E-state index is 11.3. The second-order valence-corrected chi connectivity index (χ2v) is 3.06. The van der Waals surface area contributed by atoms with Crippen LogP contribution in [0.1, 0.15) is 24.2 Å². The van der Waals surface area contributed by atoms with Crippen LogP contribution in [0.2, 0.25) is 0 Å². The van der Waals surface area contributed by atoms with E-state index in [0.717, 1.165) is 0 Å². The average molecular weight is 153 g/mol. The number of hydrogen-bond acceptors (Lipinski definition) is 3. The van der Waals surface area contributed by atoms with Gasteiger partial charge in [-0.1, -0.05) is 0 Å². The van der Waals surface area contributed by atoms with Gasteiger partial charge in [-0.25, -0.2) is 0 Å². The molecular formula is C8H11NO2. The number of hydrogen-bond donors (Lipinski definition) is 1. The molecule has 0 spiro atoms. The molecule has 0 aliphatic rings. The van der Waals surface area contributed by atoms with Gasteiger partial charge in [-0.05, 0) is 19.9 Å². The smallest absolute Gasteiger partial charge is 0.185 e. The first kappa shape index (κ1) is 8.01. The number of carbonyl (C=O) groups excluding carboxylic acids is 1. The van der Waals surface area contributed by atoms with Gasteiger partial charge in [0.2, 0.25) is 0 Å². The number of carbonyl (C=O) groups is 1. The molecule has 1 aromatic rings. The first-order valence-electron chi connectivity index (χ1n) is 3.37. The first-order valence-corrected chi connectivity index (χ1v) is 3.37. The molecule has 0 radical (unpaired) electrons. The Balaban J connectivity index is 2.88. The van der Waals surface area contributed by atoms with Gasteiger partial charge in [0.25, 0.3) is 0 Å². The molecule has 11 heavy (non-hydrogen) atoms. The summed E-state index contributed by atoms with van der Waals surface area (Å²) in [4.78, 5) is 11.3. The van der Waals surface area contributed by atoms with E-state index in [-0.39, 0.29) is 5.78 Å². The van der Waals surface area contributed by atoms with Crippen molar-refractivity contribution in [2.24, 2.45) is 5.73 Å². The molecule has 3 heteroatoms. The number of nitrogens with two attached hydrogens (primary N) is 1. The number of rotatable bonds is 2. The summed E-state index contributed by atoms with van der Waals surface area (Å²) in [7, 11) is 0. The third-order valence-electron chi connectivity index (χ3n) is 1.37. The predicted molar refractivity (Wildman–Crippen MR) is 41.3 cm³/mol. The highest BCUT2D eigenvalue weighted by molar-refractivity contribution is 6.02. The van der Waals surface area contributed by atoms with Gasteiger partial charge >= 0.3 is 0 Å². The van der Waals surface area contributed by atoms with Crippen LogP contribution in [0, 0.1) is 0 Å². The van der Waals surface area contributed by atoms with Gasteiger partial charge in [-0.3, -0.25) is 4.79 Å². The molecule has 60 valence electrons. The van der Waals surface area contributed by atoms with E-state index < -0.39 is 5.54 Å². The Morgan fingerprint density at radius 1 is 1.64 bits per heavy atom. The lowest BCUT2D eigenvalue weighted by atomic mass is 9.96. The summed E-state index contributed by atoms with van der Waals surface area (Å²) in [6.07, 6.45) is 2.86. The van der Waals surface area contributed by atoms with Crippen molar-refractivity contribution < 1.29 is 9.21 Å². The van der Waals surface area contributed by atoms with Gasteiger partial charge in [0, 0.05) is 0 Å². The van der Waals surface area contributed by atoms with Crippen LogP contribution >= 0.6 is 0 Å². The van der Waals surface area contributed by atoms with E-state index in [0.29, 0.717) is 5.56 Å². The standard InChI is InChI=1S/C8H11NO2/c1-8(2,9)7(10)6-3-4-11-5-6/h3-5H,9H2,1-2H3. The summed E-state index contributed by atoms with van der Waals surface area (Å²) in [5, 5.41) is 0. The highest BCUT2D eigenvalue weighted by Gasteiger charge is 2.23. The summed E-state index contributed by atoms with van der Waals surface area (Å²) in [5.41, 5.74) is 5.29. The topological polar surface area (TPSA) is 56.2 Å². The van der Waals surface area contributed by atoms with Crippen LogP contribution in [0.5, 0.6) is 0 Å². The summed E-state index contributed by atoms with van der Waals surface area (Å²) in [6.45, 7) is 3.34. The zero-order valence-electron chi connectivity index (χ0n) is 6.63.